The average molecular weight is 422 g/mol. The summed E-state index contributed by atoms with van der Waals surface area (Å²) >= 11 is 1.11. The van der Waals surface area contributed by atoms with Gasteiger partial charge in [0.05, 0.1) is 31.1 Å². The van der Waals surface area contributed by atoms with Crippen molar-refractivity contribution in [3.05, 3.63) is 46.9 Å². The van der Waals surface area contributed by atoms with Gasteiger partial charge in [0.25, 0.3) is 5.91 Å². The Labute approximate surface area is 174 Å². The molecular weight excluding hydrogens is 394 g/mol. The molecule has 0 saturated carbocycles. The van der Waals surface area contributed by atoms with Crippen LogP contribution in [0, 0.1) is 0 Å². The number of primary amides is 2. The van der Waals surface area contributed by atoms with Crippen LogP contribution in [0.5, 0.6) is 0 Å². The van der Waals surface area contributed by atoms with E-state index >= 15 is 0 Å². The normalized spacial score (nSPS) is 18.3. The fourth-order valence-corrected chi connectivity index (χ4v) is 3.94. The molecule has 0 spiro atoms. The van der Waals surface area contributed by atoms with E-state index in [0.29, 0.717) is 57.1 Å². The predicted molar refractivity (Wildman–Crippen MR) is 111 cm³/mol. The van der Waals surface area contributed by atoms with Crippen LogP contribution < -0.4 is 16.8 Å². The number of nitrogens with two attached hydrogens (primary N) is 2. The summed E-state index contributed by atoms with van der Waals surface area (Å²) in [4.78, 5) is 35.2. The van der Waals surface area contributed by atoms with E-state index in [-0.39, 0.29) is 5.91 Å². The summed E-state index contributed by atoms with van der Waals surface area (Å²) in [5, 5.41) is 2.80. The van der Waals surface area contributed by atoms with Crippen molar-refractivity contribution in [3.8, 4) is 0 Å². The highest BCUT2D eigenvalue weighted by atomic mass is 32.2. The van der Waals surface area contributed by atoms with Crippen LogP contribution in [0.15, 0.2) is 41.3 Å². The van der Waals surface area contributed by atoms with E-state index in [9.17, 15) is 14.4 Å². The standard InChI is InChI=1S/C20H27N3O5S/c21-18(25)16-6-7-20(29-16,19(22)26)8-10-27-12-13-28-11-9-23-17(24)14-15-4-2-1-3-5-15/h1-6H,7-14H2,(H2,21,25)(H2,22,26)(H,23,24). The van der Waals surface area contributed by atoms with Crippen LogP contribution in [0.3, 0.4) is 0 Å². The van der Waals surface area contributed by atoms with Gasteiger partial charge in [0.2, 0.25) is 11.8 Å². The lowest BCUT2D eigenvalue weighted by molar-refractivity contribution is -0.121. The molecule has 2 rings (SSSR count). The third-order valence-corrected chi connectivity index (χ3v) is 5.96. The molecule has 0 aromatic heterocycles. The zero-order valence-electron chi connectivity index (χ0n) is 16.2. The first kappa shape index (κ1) is 22.9. The van der Waals surface area contributed by atoms with E-state index in [1.807, 2.05) is 30.3 Å². The van der Waals surface area contributed by atoms with Crippen LogP contribution in [0.2, 0.25) is 0 Å². The molecule has 1 aliphatic heterocycles. The molecule has 0 saturated heterocycles. The van der Waals surface area contributed by atoms with Gasteiger partial charge in [0.1, 0.15) is 4.75 Å². The Morgan fingerprint density at radius 2 is 1.72 bits per heavy atom. The van der Waals surface area contributed by atoms with Gasteiger partial charge in [-0.05, 0) is 18.4 Å². The quantitative estimate of drug-likeness (QED) is 0.397. The number of hydrogen-bond donors (Lipinski definition) is 3. The van der Waals surface area contributed by atoms with Crippen molar-refractivity contribution in [2.45, 2.75) is 24.0 Å². The van der Waals surface area contributed by atoms with Gasteiger partial charge >= 0.3 is 0 Å². The lowest BCUT2D eigenvalue weighted by Crippen LogP contribution is -2.40. The molecule has 5 N–H and O–H groups in total. The topological polar surface area (TPSA) is 134 Å². The van der Waals surface area contributed by atoms with Gasteiger partial charge in [-0.1, -0.05) is 36.4 Å². The zero-order valence-corrected chi connectivity index (χ0v) is 17.0. The number of allylic oxidation sites excluding steroid dienone is 1. The SMILES string of the molecule is NC(=O)C1=CCC(CCOCCOCCNC(=O)Cc2ccccc2)(C(N)=O)S1. The Bertz CT molecular complexity index is 741. The molecule has 1 aromatic carbocycles. The van der Waals surface area contributed by atoms with Crippen LogP contribution in [0.4, 0.5) is 0 Å². The second-order valence-corrected chi connectivity index (χ2v) is 8.01. The Kier molecular flexibility index (Phi) is 9.17. The van der Waals surface area contributed by atoms with Gasteiger partial charge < -0.3 is 26.3 Å². The van der Waals surface area contributed by atoms with E-state index in [2.05, 4.69) is 5.32 Å². The second-order valence-electron chi connectivity index (χ2n) is 6.58. The number of rotatable bonds is 13. The Hall–Kier alpha value is -2.36. The first-order valence-corrected chi connectivity index (χ1v) is 10.2. The molecule has 0 bridgehead atoms. The summed E-state index contributed by atoms with van der Waals surface area (Å²) in [6.45, 7) is 1.85. The number of benzene rings is 1. The minimum atomic E-state index is -0.881. The second kappa shape index (κ2) is 11.6. The van der Waals surface area contributed by atoms with Crippen molar-refractivity contribution < 1.29 is 23.9 Å². The third-order valence-electron chi connectivity index (χ3n) is 4.41. The van der Waals surface area contributed by atoms with E-state index in [1.54, 1.807) is 6.08 Å². The van der Waals surface area contributed by atoms with Crippen molar-refractivity contribution in [2.75, 3.05) is 33.0 Å². The van der Waals surface area contributed by atoms with Crippen LogP contribution in [0.25, 0.3) is 0 Å². The number of carbonyl (C=O) groups excluding carboxylic acids is 3. The van der Waals surface area contributed by atoms with Crippen molar-refractivity contribution in [1.82, 2.24) is 5.32 Å². The van der Waals surface area contributed by atoms with Crippen LogP contribution in [-0.4, -0.2) is 55.4 Å². The van der Waals surface area contributed by atoms with Gasteiger partial charge in [-0.15, -0.1) is 11.8 Å². The van der Waals surface area contributed by atoms with Gasteiger partial charge in [0, 0.05) is 13.2 Å². The molecule has 3 amide bonds. The predicted octanol–water partition coefficient (Wildman–Crippen LogP) is 0.499. The number of nitrogens with one attached hydrogen (secondary N) is 1. The first-order chi connectivity index (χ1) is 13.9. The fraction of sp³-hybridized carbons (Fsp3) is 0.450. The summed E-state index contributed by atoms with van der Waals surface area (Å²) in [5.41, 5.74) is 11.7. The molecule has 29 heavy (non-hydrogen) atoms. The van der Waals surface area contributed by atoms with Crippen LogP contribution in [-0.2, 0) is 30.3 Å². The lowest BCUT2D eigenvalue weighted by atomic mass is 10.00. The highest BCUT2D eigenvalue weighted by Crippen LogP contribution is 2.44. The molecule has 1 heterocycles. The largest absolute Gasteiger partial charge is 0.379 e. The summed E-state index contributed by atoms with van der Waals surface area (Å²) in [7, 11) is 0. The van der Waals surface area contributed by atoms with Gasteiger partial charge in [0.15, 0.2) is 0 Å². The maximum atomic E-state index is 11.8. The van der Waals surface area contributed by atoms with E-state index < -0.39 is 16.6 Å². The maximum absolute atomic E-state index is 11.8. The molecule has 1 unspecified atom stereocenters. The van der Waals surface area contributed by atoms with Gasteiger partial charge in [-0.3, -0.25) is 14.4 Å². The molecule has 1 atom stereocenters. The van der Waals surface area contributed by atoms with E-state index in [4.69, 9.17) is 20.9 Å². The van der Waals surface area contributed by atoms with Gasteiger partial charge in [-0.2, -0.15) is 0 Å². The number of amides is 3. The number of hydrogen-bond acceptors (Lipinski definition) is 6. The molecule has 9 heteroatoms. The fourth-order valence-electron chi connectivity index (χ4n) is 2.79. The number of carbonyl (C=O) groups is 3. The smallest absolute Gasteiger partial charge is 0.254 e. The van der Waals surface area contributed by atoms with Crippen LogP contribution in [0.1, 0.15) is 18.4 Å². The molecule has 8 nitrogen and oxygen atoms in total. The zero-order chi connectivity index (χ0) is 21.1. The lowest BCUT2D eigenvalue weighted by Gasteiger charge is -2.24. The highest BCUT2D eigenvalue weighted by Gasteiger charge is 2.42. The van der Waals surface area contributed by atoms with Crippen molar-refractivity contribution in [2.24, 2.45) is 11.5 Å². The molecule has 0 radical (unpaired) electrons. The monoisotopic (exact) mass is 421 g/mol. The van der Waals surface area contributed by atoms with Crippen molar-refractivity contribution >= 4 is 29.5 Å². The minimum absolute atomic E-state index is 0.0502. The summed E-state index contributed by atoms with van der Waals surface area (Å²) in [6, 6.07) is 9.52. The summed E-state index contributed by atoms with van der Waals surface area (Å²) in [5.74, 6) is -1.09. The average Bonchev–Trinajstić information content (AvgIpc) is 3.14. The number of thioether (sulfide) groups is 1. The van der Waals surface area contributed by atoms with Crippen LogP contribution >= 0.6 is 11.8 Å². The van der Waals surface area contributed by atoms with Crippen molar-refractivity contribution in [3.63, 3.8) is 0 Å². The molecule has 0 fully saturated rings. The molecule has 0 aliphatic carbocycles. The Balaban J connectivity index is 1.51. The summed E-state index contributed by atoms with van der Waals surface area (Å²) in [6.07, 6.45) is 2.74. The Morgan fingerprint density at radius 1 is 1.03 bits per heavy atom. The summed E-state index contributed by atoms with van der Waals surface area (Å²) < 4.78 is 10.0. The molecule has 158 valence electrons. The van der Waals surface area contributed by atoms with E-state index in [0.717, 1.165) is 17.3 Å². The first-order valence-electron chi connectivity index (χ1n) is 9.38. The molecule has 1 aliphatic rings. The minimum Gasteiger partial charge on any atom is -0.379 e. The third kappa shape index (κ3) is 7.52. The van der Waals surface area contributed by atoms with Gasteiger partial charge in [-0.25, -0.2) is 0 Å². The highest BCUT2D eigenvalue weighted by molar-refractivity contribution is 8.06. The Morgan fingerprint density at radius 3 is 2.34 bits per heavy atom. The number of ether oxygens (including phenoxy) is 2. The molecular formula is C20H27N3O5S. The van der Waals surface area contributed by atoms with E-state index in [1.165, 1.54) is 0 Å². The maximum Gasteiger partial charge on any atom is 0.254 e. The van der Waals surface area contributed by atoms with Crippen molar-refractivity contribution in [1.29, 1.82) is 0 Å². The molecule has 1 aromatic rings.